The number of amides is 3. The second-order valence-corrected chi connectivity index (χ2v) is 5.40. The van der Waals surface area contributed by atoms with Crippen molar-refractivity contribution in [3.8, 4) is 0 Å². The van der Waals surface area contributed by atoms with Gasteiger partial charge in [-0.3, -0.25) is 19.4 Å². The first-order valence-corrected chi connectivity index (χ1v) is 7.27. The lowest BCUT2D eigenvalue weighted by atomic mass is 10.2. The summed E-state index contributed by atoms with van der Waals surface area (Å²) in [4.78, 5) is 39.0. The van der Waals surface area contributed by atoms with Gasteiger partial charge in [-0.15, -0.1) is 0 Å². The number of nitrogens with zero attached hydrogens (tertiary/aromatic N) is 2. The molecule has 0 saturated heterocycles. The minimum atomic E-state index is -1.55. The van der Waals surface area contributed by atoms with E-state index in [0.717, 1.165) is 11.4 Å². The normalized spacial score (nSPS) is 10.6. The maximum atomic E-state index is 12.3. The van der Waals surface area contributed by atoms with Crippen LogP contribution in [-0.4, -0.2) is 33.3 Å². The van der Waals surface area contributed by atoms with Crippen LogP contribution in [0.25, 0.3) is 0 Å². The first-order valence-electron chi connectivity index (χ1n) is 7.27. The first kappa shape index (κ1) is 17.2. The third-order valence-corrected chi connectivity index (χ3v) is 3.71. The number of primary amides is 2. The van der Waals surface area contributed by atoms with Crippen molar-refractivity contribution in [3.05, 3.63) is 53.1 Å². The van der Waals surface area contributed by atoms with Crippen LogP contribution in [0.15, 0.2) is 30.5 Å². The highest BCUT2D eigenvalue weighted by Gasteiger charge is 2.26. The SMILES string of the molecule is Cc1cc(C(=O)NC(C(N)=O)C(N)=O)c(C)n1Cc1ccccn1. The second-order valence-electron chi connectivity index (χ2n) is 5.40. The standard InChI is InChI=1S/C16H19N5O3/c1-9-7-12(16(24)20-13(14(17)22)15(18)23)10(2)21(9)8-11-5-3-4-6-19-11/h3-7,13H,8H2,1-2H3,(H2,17,22)(H2,18,23)(H,20,24). The molecule has 8 heteroatoms. The van der Waals surface area contributed by atoms with Crippen LogP contribution in [0, 0.1) is 13.8 Å². The van der Waals surface area contributed by atoms with Crippen molar-refractivity contribution in [1.29, 1.82) is 0 Å². The van der Waals surface area contributed by atoms with Gasteiger partial charge in [-0.2, -0.15) is 0 Å². The van der Waals surface area contributed by atoms with E-state index in [2.05, 4.69) is 10.3 Å². The number of pyridine rings is 1. The molecule has 0 fully saturated rings. The average Bonchev–Trinajstić information content (AvgIpc) is 2.81. The monoisotopic (exact) mass is 329 g/mol. The number of rotatable bonds is 6. The Bertz CT molecular complexity index is 769. The molecule has 5 N–H and O–H groups in total. The highest BCUT2D eigenvalue weighted by molar-refractivity contribution is 6.08. The molecular formula is C16H19N5O3. The van der Waals surface area contributed by atoms with E-state index in [-0.39, 0.29) is 0 Å². The quantitative estimate of drug-likeness (QED) is 0.623. The molecule has 2 rings (SSSR count). The largest absolute Gasteiger partial charge is 0.367 e. The molecule has 0 aliphatic heterocycles. The molecule has 2 heterocycles. The number of nitrogens with one attached hydrogen (secondary N) is 1. The molecular weight excluding hydrogens is 310 g/mol. The summed E-state index contributed by atoms with van der Waals surface area (Å²) in [6, 6.07) is 5.72. The molecule has 0 bridgehead atoms. The third-order valence-electron chi connectivity index (χ3n) is 3.71. The number of carbonyl (C=O) groups is 3. The Hall–Kier alpha value is -3.16. The Balaban J connectivity index is 2.26. The summed E-state index contributed by atoms with van der Waals surface area (Å²) in [5, 5.41) is 2.26. The van der Waals surface area contributed by atoms with Gasteiger partial charge in [-0.05, 0) is 32.0 Å². The number of carbonyl (C=O) groups excluding carboxylic acids is 3. The van der Waals surface area contributed by atoms with Crippen molar-refractivity contribution < 1.29 is 14.4 Å². The van der Waals surface area contributed by atoms with E-state index in [9.17, 15) is 14.4 Å². The molecule has 0 atom stereocenters. The van der Waals surface area contributed by atoms with E-state index >= 15 is 0 Å². The topological polar surface area (TPSA) is 133 Å². The number of aromatic nitrogens is 2. The minimum absolute atomic E-state index is 0.343. The zero-order valence-electron chi connectivity index (χ0n) is 13.4. The Labute approximate surface area is 138 Å². The van der Waals surface area contributed by atoms with Gasteiger partial charge in [0.05, 0.1) is 17.8 Å². The molecule has 24 heavy (non-hydrogen) atoms. The minimum Gasteiger partial charge on any atom is -0.367 e. The van der Waals surface area contributed by atoms with Crippen LogP contribution in [0.1, 0.15) is 27.4 Å². The van der Waals surface area contributed by atoms with Gasteiger partial charge in [0.2, 0.25) is 11.8 Å². The zero-order valence-corrected chi connectivity index (χ0v) is 13.4. The molecule has 126 valence electrons. The molecule has 0 aliphatic rings. The summed E-state index contributed by atoms with van der Waals surface area (Å²) < 4.78 is 1.92. The molecule has 0 aliphatic carbocycles. The fraction of sp³-hybridized carbons (Fsp3) is 0.250. The highest BCUT2D eigenvalue weighted by Crippen LogP contribution is 2.16. The molecule has 0 spiro atoms. The maximum Gasteiger partial charge on any atom is 0.254 e. The fourth-order valence-electron chi connectivity index (χ4n) is 2.42. The van der Waals surface area contributed by atoms with E-state index in [1.807, 2.05) is 29.7 Å². The highest BCUT2D eigenvalue weighted by atomic mass is 16.2. The van der Waals surface area contributed by atoms with E-state index in [4.69, 9.17) is 11.5 Å². The summed E-state index contributed by atoms with van der Waals surface area (Å²) in [5.41, 5.74) is 12.9. The van der Waals surface area contributed by atoms with Crippen molar-refractivity contribution in [2.24, 2.45) is 11.5 Å². The molecule has 3 amide bonds. The lowest BCUT2D eigenvalue weighted by Gasteiger charge is -2.12. The van der Waals surface area contributed by atoms with Crippen LogP contribution in [-0.2, 0) is 16.1 Å². The predicted molar refractivity (Wildman–Crippen MR) is 86.9 cm³/mol. The molecule has 0 radical (unpaired) electrons. The third kappa shape index (κ3) is 3.60. The van der Waals surface area contributed by atoms with Crippen molar-refractivity contribution in [1.82, 2.24) is 14.9 Å². The Morgan fingerprint density at radius 2 is 1.88 bits per heavy atom. The van der Waals surface area contributed by atoms with Crippen molar-refractivity contribution in [2.75, 3.05) is 0 Å². The van der Waals surface area contributed by atoms with E-state index in [1.165, 1.54) is 0 Å². The summed E-state index contributed by atoms with van der Waals surface area (Å²) in [7, 11) is 0. The molecule has 2 aromatic rings. The Morgan fingerprint density at radius 3 is 2.42 bits per heavy atom. The van der Waals surface area contributed by atoms with Crippen LogP contribution in [0.5, 0.6) is 0 Å². The molecule has 0 unspecified atom stereocenters. The van der Waals surface area contributed by atoms with Gasteiger partial charge >= 0.3 is 0 Å². The van der Waals surface area contributed by atoms with Gasteiger partial charge in [-0.1, -0.05) is 6.07 Å². The summed E-state index contributed by atoms with van der Waals surface area (Å²) in [6.07, 6.45) is 1.70. The van der Waals surface area contributed by atoms with E-state index in [0.29, 0.717) is 17.8 Å². The maximum absolute atomic E-state index is 12.3. The van der Waals surface area contributed by atoms with Gasteiger partial charge in [0.25, 0.3) is 5.91 Å². The molecule has 2 aromatic heterocycles. The van der Waals surface area contributed by atoms with Crippen LogP contribution in [0.3, 0.4) is 0 Å². The van der Waals surface area contributed by atoms with Gasteiger partial charge in [0.15, 0.2) is 6.04 Å². The van der Waals surface area contributed by atoms with E-state index < -0.39 is 23.8 Å². The summed E-state index contributed by atoms with van der Waals surface area (Å²) >= 11 is 0. The molecule has 8 nitrogen and oxygen atoms in total. The van der Waals surface area contributed by atoms with Gasteiger partial charge < -0.3 is 21.4 Å². The number of nitrogens with two attached hydrogens (primary N) is 2. The van der Waals surface area contributed by atoms with Crippen molar-refractivity contribution >= 4 is 17.7 Å². The fourth-order valence-corrected chi connectivity index (χ4v) is 2.42. The Kier molecular flexibility index (Phi) is 4.98. The molecule has 0 saturated carbocycles. The van der Waals surface area contributed by atoms with Crippen LogP contribution in [0.2, 0.25) is 0 Å². The van der Waals surface area contributed by atoms with Gasteiger partial charge in [0.1, 0.15) is 0 Å². The zero-order chi connectivity index (χ0) is 17.9. The summed E-state index contributed by atoms with van der Waals surface area (Å²) in [6.45, 7) is 4.13. The number of aryl methyl sites for hydroxylation is 1. The lowest BCUT2D eigenvalue weighted by Crippen LogP contribution is -2.52. The average molecular weight is 329 g/mol. The number of hydrogen-bond acceptors (Lipinski definition) is 4. The second kappa shape index (κ2) is 6.95. The van der Waals surface area contributed by atoms with Crippen LogP contribution < -0.4 is 16.8 Å². The van der Waals surface area contributed by atoms with Gasteiger partial charge in [-0.25, -0.2) is 0 Å². The number of hydrogen-bond donors (Lipinski definition) is 3. The van der Waals surface area contributed by atoms with Crippen molar-refractivity contribution in [2.45, 2.75) is 26.4 Å². The van der Waals surface area contributed by atoms with Crippen molar-refractivity contribution in [3.63, 3.8) is 0 Å². The van der Waals surface area contributed by atoms with Gasteiger partial charge in [0, 0.05) is 17.6 Å². The first-order chi connectivity index (χ1) is 11.3. The predicted octanol–water partition coefficient (Wildman–Crippen LogP) is -0.383. The molecule has 0 aromatic carbocycles. The summed E-state index contributed by atoms with van der Waals surface area (Å²) in [5.74, 6) is -2.59. The Morgan fingerprint density at radius 1 is 1.21 bits per heavy atom. The van der Waals surface area contributed by atoms with Crippen LogP contribution >= 0.6 is 0 Å². The van der Waals surface area contributed by atoms with Crippen LogP contribution in [0.4, 0.5) is 0 Å². The van der Waals surface area contributed by atoms with E-state index in [1.54, 1.807) is 19.2 Å². The smallest absolute Gasteiger partial charge is 0.254 e. The lowest BCUT2D eigenvalue weighted by molar-refractivity contribution is -0.128.